The third-order valence-corrected chi connectivity index (χ3v) is 6.08. The minimum atomic E-state index is -0.548. The molecule has 1 unspecified atom stereocenters. The van der Waals surface area contributed by atoms with Gasteiger partial charge in [-0.25, -0.2) is 4.98 Å². The Balaban J connectivity index is 1.53. The van der Waals surface area contributed by atoms with E-state index in [1.165, 1.54) is 4.88 Å². The van der Waals surface area contributed by atoms with Crippen LogP contribution in [0, 0.1) is 0 Å². The van der Waals surface area contributed by atoms with Gasteiger partial charge in [0.2, 0.25) is 0 Å². The Hall–Kier alpha value is -0.820. The third kappa shape index (κ3) is 2.86. The van der Waals surface area contributed by atoms with E-state index in [9.17, 15) is 0 Å². The first-order valence-electron chi connectivity index (χ1n) is 7.04. The van der Waals surface area contributed by atoms with Gasteiger partial charge in [0, 0.05) is 15.6 Å². The van der Waals surface area contributed by atoms with E-state index in [-0.39, 0.29) is 0 Å². The molecule has 120 valence electrons. The van der Waals surface area contributed by atoms with Crippen molar-refractivity contribution in [3.05, 3.63) is 48.3 Å². The van der Waals surface area contributed by atoms with Gasteiger partial charge in [0.05, 0.1) is 30.1 Å². The Morgan fingerprint density at radius 2 is 2.00 bits per heavy atom. The lowest BCUT2D eigenvalue weighted by Crippen LogP contribution is -2.29. The van der Waals surface area contributed by atoms with Gasteiger partial charge in [0.25, 0.3) is 0 Å². The van der Waals surface area contributed by atoms with Crippen molar-refractivity contribution >= 4 is 56.3 Å². The zero-order valence-electron chi connectivity index (χ0n) is 12.1. The molecule has 0 radical (unpaired) electrons. The Morgan fingerprint density at radius 3 is 2.70 bits per heavy atom. The molecule has 1 atom stereocenters. The number of hydrogen-bond acceptors (Lipinski definition) is 5. The molecular weight excluding hydrogens is 421 g/mol. The SMILES string of the molecule is CC1(c2cc(Cl)cc(Cl)c2)CC(N2Cc3nc(Br)sc3C2)=NO1. The van der Waals surface area contributed by atoms with Crippen LogP contribution in [0.25, 0.3) is 0 Å². The maximum Gasteiger partial charge on any atom is 0.167 e. The average Bonchev–Trinajstić information content (AvgIpc) is 3.11. The highest BCUT2D eigenvalue weighted by Crippen LogP contribution is 2.40. The second-order valence-corrected chi connectivity index (χ2v) is 9.09. The molecule has 0 amide bonds. The van der Waals surface area contributed by atoms with Gasteiger partial charge in [-0.3, -0.25) is 0 Å². The second kappa shape index (κ2) is 5.62. The number of nitrogens with zero attached hydrogens (tertiary/aromatic N) is 3. The Bertz CT molecular complexity index is 781. The lowest BCUT2D eigenvalue weighted by atomic mass is 9.92. The molecule has 0 saturated carbocycles. The van der Waals surface area contributed by atoms with Gasteiger partial charge < -0.3 is 9.74 Å². The molecule has 23 heavy (non-hydrogen) atoms. The number of thiazole rings is 1. The van der Waals surface area contributed by atoms with Crippen LogP contribution in [0.1, 0.15) is 29.5 Å². The maximum absolute atomic E-state index is 6.12. The highest BCUT2D eigenvalue weighted by Gasteiger charge is 2.40. The second-order valence-electron chi connectivity index (χ2n) is 5.86. The van der Waals surface area contributed by atoms with Crippen molar-refractivity contribution in [3.8, 4) is 0 Å². The highest BCUT2D eigenvalue weighted by atomic mass is 79.9. The zero-order valence-corrected chi connectivity index (χ0v) is 16.1. The summed E-state index contributed by atoms with van der Waals surface area (Å²) >= 11 is 17.3. The summed E-state index contributed by atoms with van der Waals surface area (Å²) < 4.78 is 0.935. The van der Waals surface area contributed by atoms with Crippen molar-refractivity contribution in [3.63, 3.8) is 0 Å². The summed E-state index contributed by atoms with van der Waals surface area (Å²) in [5, 5.41) is 5.51. The minimum absolute atomic E-state index is 0.548. The van der Waals surface area contributed by atoms with E-state index in [1.807, 2.05) is 19.1 Å². The topological polar surface area (TPSA) is 37.7 Å². The fourth-order valence-electron chi connectivity index (χ4n) is 2.89. The monoisotopic (exact) mass is 431 g/mol. The Labute approximate surface area is 156 Å². The number of halogens is 3. The standard InChI is InChI=1S/C15H12BrCl2N3OS/c1-15(8-2-9(17)4-10(18)3-8)5-13(20-22-15)21-6-11-12(7-21)23-14(16)19-11/h2-4H,5-7H2,1H3. The molecule has 8 heteroatoms. The number of fused-ring (bicyclic) bond motifs is 1. The predicted octanol–water partition coefficient (Wildman–Crippen LogP) is 5.18. The van der Waals surface area contributed by atoms with Gasteiger partial charge in [0.1, 0.15) is 5.84 Å². The van der Waals surface area contributed by atoms with Crippen molar-refractivity contribution in [2.75, 3.05) is 0 Å². The molecule has 2 aliphatic heterocycles. The predicted molar refractivity (Wildman–Crippen MR) is 96.0 cm³/mol. The average molecular weight is 433 g/mol. The molecule has 3 heterocycles. The van der Waals surface area contributed by atoms with Crippen LogP contribution in [-0.2, 0) is 23.5 Å². The molecule has 0 fully saturated rings. The zero-order chi connectivity index (χ0) is 16.2. The molecule has 0 aliphatic carbocycles. The summed E-state index contributed by atoms with van der Waals surface area (Å²) in [4.78, 5) is 13.7. The Kier molecular flexibility index (Phi) is 3.83. The van der Waals surface area contributed by atoms with Crippen molar-refractivity contribution in [1.29, 1.82) is 0 Å². The third-order valence-electron chi connectivity index (χ3n) is 4.11. The maximum atomic E-state index is 6.12. The fraction of sp³-hybridized carbons (Fsp3) is 0.333. The van der Waals surface area contributed by atoms with Crippen molar-refractivity contribution < 1.29 is 4.84 Å². The molecular formula is C15H12BrCl2N3OS. The van der Waals surface area contributed by atoms with Gasteiger partial charge in [-0.2, -0.15) is 0 Å². The van der Waals surface area contributed by atoms with Crippen LogP contribution in [0.2, 0.25) is 10.0 Å². The van der Waals surface area contributed by atoms with Crippen LogP contribution >= 0.6 is 50.5 Å². The number of hydrogen-bond donors (Lipinski definition) is 0. The Morgan fingerprint density at radius 1 is 1.26 bits per heavy atom. The molecule has 2 aliphatic rings. The molecule has 0 spiro atoms. The lowest BCUT2D eigenvalue weighted by molar-refractivity contribution is -0.00738. The smallest absolute Gasteiger partial charge is 0.167 e. The van der Waals surface area contributed by atoms with Crippen LogP contribution < -0.4 is 0 Å². The van der Waals surface area contributed by atoms with Gasteiger partial charge in [-0.05, 0) is 41.1 Å². The number of oxime groups is 1. The van der Waals surface area contributed by atoms with Gasteiger partial charge in [-0.15, -0.1) is 11.3 Å². The first-order valence-corrected chi connectivity index (χ1v) is 9.40. The summed E-state index contributed by atoms with van der Waals surface area (Å²) in [7, 11) is 0. The quantitative estimate of drug-likeness (QED) is 0.623. The highest BCUT2D eigenvalue weighted by molar-refractivity contribution is 9.11. The molecule has 1 aromatic carbocycles. The van der Waals surface area contributed by atoms with E-state index in [4.69, 9.17) is 28.0 Å². The summed E-state index contributed by atoms with van der Waals surface area (Å²) in [6.07, 6.45) is 0.680. The lowest BCUT2D eigenvalue weighted by Gasteiger charge is -2.23. The number of aromatic nitrogens is 1. The van der Waals surface area contributed by atoms with E-state index in [0.717, 1.165) is 34.1 Å². The van der Waals surface area contributed by atoms with Crippen molar-refractivity contribution in [2.24, 2.45) is 5.16 Å². The summed E-state index contributed by atoms with van der Waals surface area (Å²) in [6.45, 7) is 3.60. The molecule has 4 rings (SSSR count). The van der Waals surface area contributed by atoms with E-state index in [2.05, 4.69) is 31.0 Å². The molecule has 1 aromatic heterocycles. The van der Waals surface area contributed by atoms with E-state index in [1.54, 1.807) is 17.4 Å². The van der Waals surface area contributed by atoms with Crippen LogP contribution in [0.3, 0.4) is 0 Å². The largest absolute Gasteiger partial charge is 0.383 e. The van der Waals surface area contributed by atoms with Crippen molar-refractivity contribution in [1.82, 2.24) is 9.88 Å². The minimum Gasteiger partial charge on any atom is -0.383 e. The number of rotatable bonds is 1. The van der Waals surface area contributed by atoms with E-state index < -0.39 is 5.60 Å². The summed E-state index contributed by atoms with van der Waals surface area (Å²) in [5.74, 6) is 0.935. The molecule has 0 saturated heterocycles. The normalized spacial score (nSPS) is 23.0. The van der Waals surface area contributed by atoms with Crippen molar-refractivity contribution in [2.45, 2.75) is 32.0 Å². The molecule has 0 bridgehead atoms. The first-order chi connectivity index (χ1) is 10.9. The molecule has 2 aromatic rings. The summed E-state index contributed by atoms with van der Waals surface area (Å²) in [5.41, 5.74) is 1.50. The van der Waals surface area contributed by atoms with Gasteiger partial charge >= 0.3 is 0 Å². The number of amidine groups is 1. The van der Waals surface area contributed by atoms with Crippen LogP contribution in [0.4, 0.5) is 0 Å². The van der Waals surface area contributed by atoms with Crippen LogP contribution in [0.15, 0.2) is 27.3 Å². The summed E-state index contributed by atoms with van der Waals surface area (Å²) in [6, 6.07) is 5.48. The molecule has 4 nitrogen and oxygen atoms in total. The molecule has 0 N–H and O–H groups in total. The van der Waals surface area contributed by atoms with Gasteiger partial charge in [0.15, 0.2) is 9.52 Å². The van der Waals surface area contributed by atoms with E-state index >= 15 is 0 Å². The van der Waals surface area contributed by atoms with Gasteiger partial charge in [-0.1, -0.05) is 28.4 Å². The van der Waals surface area contributed by atoms with E-state index in [0.29, 0.717) is 16.5 Å². The fourth-order valence-corrected chi connectivity index (χ4v) is 5.03. The van der Waals surface area contributed by atoms with Crippen LogP contribution in [0.5, 0.6) is 0 Å². The van der Waals surface area contributed by atoms with Crippen LogP contribution in [-0.4, -0.2) is 15.7 Å². The number of benzene rings is 1. The first kappa shape index (κ1) is 15.7.